The minimum Gasteiger partial charge on any atom is -0.867 e. The molecule has 0 N–H and O–H groups in total. The predicted molar refractivity (Wildman–Crippen MR) is 50.6 cm³/mol. The van der Waals surface area contributed by atoms with Crippen molar-refractivity contribution in [3.8, 4) is 5.75 Å². The summed E-state index contributed by atoms with van der Waals surface area (Å²) in [5.41, 5.74) is -1.05. The molecule has 0 aromatic heterocycles. The highest BCUT2D eigenvalue weighted by atomic mass is 79.9. The Morgan fingerprint density at radius 3 is 2.57 bits per heavy atom. The SMILES string of the molecule is O=Cc1cc(Cl)c(Br)c([N+](=O)[O-])c1[O-]. The van der Waals surface area contributed by atoms with Gasteiger partial charge in [-0.05, 0) is 27.7 Å². The average molecular weight is 279 g/mol. The zero-order valence-corrected chi connectivity index (χ0v) is 8.83. The van der Waals surface area contributed by atoms with Gasteiger partial charge >= 0.3 is 0 Å². The van der Waals surface area contributed by atoms with Crippen LogP contribution in [-0.2, 0) is 0 Å². The molecule has 7 heteroatoms. The minimum absolute atomic E-state index is 0.0431. The second-order valence-electron chi connectivity index (χ2n) is 2.31. The van der Waals surface area contributed by atoms with Crippen LogP contribution in [0.5, 0.6) is 5.75 Å². The number of nitro benzene ring substituents is 1. The molecule has 0 fully saturated rings. The summed E-state index contributed by atoms with van der Waals surface area (Å²) in [5, 5.41) is 21.7. The molecule has 1 aromatic carbocycles. The zero-order valence-electron chi connectivity index (χ0n) is 6.49. The Morgan fingerprint density at radius 2 is 2.14 bits per heavy atom. The number of carbonyl (C=O) groups excluding carboxylic acids is 1. The molecular weight excluding hydrogens is 277 g/mol. The minimum atomic E-state index is -0.943. The summed E-state index contributed by atoms with van der Waals surface area (Å²) in [7, 11) is 0. The van der Waals surface area contributed by atoms with Crippen LogP contribution in [0.15, 0.2) is 10.5 Å². The van der Waals surface area contributed by atoms with Gasteiger partial charge in [0.25, 0.3) is 5.69 Å². The van der Waals surface area contributed by atoms with Crippen molar-refractivity contribution in [2.24, 2.45) is 0 Å². The first-order valence-electron chi connectivity index (χ1n) is 3.27. The molecule has 0 radical (unpaired) electrons. The molecule has 0 amide bonds. The van der Waals surface area contributed by atoms with Gasteiger partial charge < -0.3 is 5.11 Å². The highest BCUT2D eigenvalue weighted by Crippen LogP contribution is 2.39. The first-order chi connectivity index (χ1) is 6.49. The Labute approximate surface area is 91.6 Å². The quantitative estimate of drug-likeness (QED) is 0.470. The van der Waals surface area contributed by atoms with E-state index in [1.165, 1.54) is 0 Å². The van der Waals surface area contributed by atoms with Crippen LogP contribution in [0.25, 0.3) is 0 Å². The van der Waals surface area contributed by atoms with Crippen LogP contribution < -0.4 is 5.11 Å². The van der Waals surface area contributed by atoms with Crippen molar-refractivity contribution in [3.63, 3.8) is 0 Å². The summed E-state index contributed by atoms with van der Waals surface area (Å²) in [6.45, 7) is 0. The van der Waals surface area contributed by atoms with Gasteiger partial charge in [0.05, 0.1) is 9.95 Å². The molecule has 14 heavy (non-hydrogen) atoms. The fourth-order valence-corrected chi connectivity index (χ4v) is 1.51. The number of rotatable bonds is 2. The van der Waals surface area contributed by atoms with Gasteiger partial charge in [0.1, 0.15) is 10.8 Å². The Hall–Kier alpha value is -1.14. The van der Waals surface area contributed by atoms with E-state index in [4.69, 9.17) is 11.6 Å². The molecule has 0 aliphatic heterocycles. The highest BCUT2D eigenvalue weighted by Gasteiger charge is 2.18. The molecule has 0 spiro atoms. The van der Waals surface area contributed by atoms with Gasteiger partial charge in [-0.25, -0.2) is 0 Å². The lowest BCUT2D eigenvalue weighted by atomic mass is 10.2. The van der Waals surface area contributed by atoms with E-state index < -0.39 is 16.4 Å². The molecule has 0 aliphatic carbocycles. The summed E-state index contributed by atoms with van der Waals surface area (Å²) < 4.78 is -0.111. The predicted octanol–water partition coefficient (Wildman–Crippen LogP) is 1.90. The fourth-order valence-electron chi connectivity index (χ4n) is 0.866. The Morgan fingerprint density at radius 1 is 1.57 bits per heavy atom. The van der Waals surface area contributed by atoms with Crippen LogP contribution in [0.4, 0.5) is 5.69 Å². The first kappa shape index (κ1) is 10.9. The molecule has 0 atom stereocenters. The summed E-state index contributed by atoms with van der Waals surface area (Å²) >= 11 is 8.37. The van der Waals surface area contributed by atoms with Gasteiger partial charge in [-0.3, -0.25) is 14.9 Å². The van der Waals surface area contributed by atoms with Gasteiger partial charge in [-0.1, -0.05) is 11.6 Å². The largest absolute Gasteiger partial charge is 0.867 e. The van der Waals surface area contributed by atoms with Crippen molar-refractivity contribution in [1.82, 2.24) is 0 Å². The number of nitro groups is 1. The molecule has 74 valence electrons. The zero-order chi connectivity index (χ0) is 10.9. The van der Waals surface area contributed by atoms with E-state index in [-0.39, 0.29) is 21.3 Å². The van der Waals surface area contributed by atoms with Crippen molar-refractivity contribution >= 4 is 39.5 Å². The summed E-state index contributed by atoms with van der Waals surface area (Å²) in [4.78, 5) is 19.9. The molecule has 5 nitrogen and oxygen atoms in total. The van der Waals surface area contributed by atoms with Crippen LogP contribution in [0.3, 0.4) is 0 Å². The summed E-state index contributed by atoms with van der Waals surface area (Å²) in [6.07, 6.45) is 0.230. The molecular formula is C7H2BrClNO4-. The number of nitrogens with zero attached hydrogens (tertiary/aromatic N) is 1. The maximum Gasteiger partial charge on any atom is 0.278 e. The van der Waals surface area contributed by atoms with E-state index in [9.17, 15) is 20.0 Å². The number of aldehydes is 1. The van der Waals surface area contributed by atoms with Crippen LogP contribution in [0.1, 0.15) is 10.4 Å². The third-order valence-electron chi connectivity index (χ3n) is 1.49. The third-order valence-corrected chi connectivity index (χ3v) is 2.82. The Bertz CT molecular complexity index is 421. The van der Waals surface area contributed by atoms with E-state index in [0.29, 0.717) is 0 Å². The van der Waals surface area contributed by atoms with Crippen molar-refractivity contribution in [1.29, 1.82) is 0 Å². The standard InChI is InChI=1S/C7H3BrClNO4/c8-5-4(9)1-3(2-11)7(12)6(5)10(13)14/h1-2,12H/p-1. The topological polar surface area (TPSA) is 83.3 Å². The molecule has 0 bridgehead atoms. The number of carbonyl (C=O) groups is 1. The fraction of sp³-hybridized carbons (Fsp3) is 0. The lowest BCUT2D eigenvalue weighted by Gasteiger charge is -2.11. The van der Waals surface area contributed by atoms with Crippen LogP contribution in [0.2, 0.25) is 5.02 Å². The molecule has 1 rings (SSSR count). The molecule has 0 aliphatic rings. The monoisotopic (exact) mass is 278 g/mol. The van der Waals surface area contributed by atoms with Gasteiger partial charge in [0, 0.05) is 5.56 Å². The number of hydrogen-bond acceptors (Lipinski definition) is 4. The van der Waals surface area contributed by atoms with Gasteiger partial charge in [0.2, 0.25) is 0 Å². The van der Waals surface area contributed by atoms with Crippen molar-refractivity contribution < 1.29 is 14.8 Å². The maximum absolute atomic E-state index is 11.3. The van der Waals surface area contributed by atoms with Crippen molar-refractivity contribution in [3.05, 3.63) is 31.2 Å². The van der Waals surface area contributed by atoms with Gasteiger partial charge in [-0.2, -0.15) is 0 Å². The van der Waals surface area contributed by atoms with Crippen LogP contribution >= 0.6 is 27.5 Å². The van der Waals surface area contributed by atoms with Gasteiger partial charge in [0.15, 0.2) is 0 Å². The summed E-state index contributed by atoms with van der Waals surface area (Å²) in [5.74, 6) is -0.943. The molecule has 1 aromatic rings. The third kappa shape index (κ3) is 1.71. The second kappa shape index (κ2) is 3.93. The van der Waals surface area contributed by atoms with E-state index in [1.54, 1.807) is 0 Å². The molecule has 0 saturated heterocycles. The van der Waals surface area contributed by atoms with Gasteiger partial charge in [-0.15, -0.1) is 0 Å². The van der Waals surface area contributed by atoms with Crippen molar-refractivity contribution in [2.75, 3.05) is 0 Å². The molecule has 0 heterocycles. The van der Waals surface area contributed by atoms with Crippen molar-refractivity contribution in [2.45, 2.75) is 0 Å². The Balaban J connectivity index is 3.61. The van der Waals surface area contributed by atoms with E-state index in [0.717, 1.165) is 6.07 Å². The van der Waals surface area contributed by atoms with E-state index in [2.05, 4.69) is 15.9 Å². The molecule has 0 saturated carbocycles. The lowest BCUT2D eigenvalue weighted by Crippen LogP contribution is -2.03. The number of hydrogen-bond donors (Lipinski definition) is 0. The summed E-state index contributed by atoms with van der Waals surface area (Å²) in [6, 6.07) is 1.08. The second-order valence-corrected chi connectivity index (χ2v) is 3.51. The first-order valence-corrected chi connectivity index (χ1v) is 4.44. The molecule has 0 unspecified atom stereocenters. The average Bonchev–Trinajstić information content (AvgIpc) is 2.11. The highest BCUT2D eigenvalue weighted by molar-refractivity contribution is 9.10. The number of halogens is 2. The lowest BCUT2D eigenvalue weighted by molar-refractivity contribution is -0.399. The van der Waals surface area contributed by atoms with E-state index >= 15 is 0 Å². The number of benzene rings is 1. The maximum atomic E-state index is 11.3. The van der Waals surface area contributed by atoms with E-state index in [1.807, 2.05) is 0 Å². The van der Waals surface area contributed by atoms with Crippen LogP contribution in [-0.4, -0.2) is 11.2 Å². The smallest absolute Gasteiger partial charge is 0.278 e. The Kier molecular flexibility index (Phi) is 3.07. The normalized spacial score (nSPS) is 9.86. The van der Waals surface area contributed by atoms with Crippen LogP contribution in [0, 0.1) is 10.1 Å².